The number of amides is 1. The molecule has 0 fully saturated rings. The Balaban J connectivity index is 1.67. The molecule has 1 amide bonds. The Morgan fingerprint density at radius 2 is 1.35 bits per heavy atom. The van der Waals surface area contributed by atoms with E-state index in [1.54, 1.807) is 36.4 Å². The number of hydrogen-bond donors (Lipinski definition) is 2. The van der Waals surface area contributed by atoms with Crippen molar-refractivity contribution < 1.29 is 19.5 Å². The lowest BCUT2D eigenvalue weighted by atomic mass is 10.0. The van der Waals surface area contributed by atoms with Gasteiger partial charge in [0.1, 0.15) is 0 Å². The van der Waals surface area contributed by atoms with Crippen molar-refractivity contribution in [1.29, 1.82) is 0 Å². The normalized spacial score (nSPS) is 11.6. The highest BCUT2D eigenvalue weighted by molar-refractivity contribution is 6.22. The monoisotopic (exact) mass is 343 g/mol. The summed E-state index contributed by atoms with van der Waals surface area (Å²) in [4.78, 5) is 36.3. The maximum Gasteiger partial charge on any atom is 0.336 e. The van der Waals surface area contributed by atoms with E-state index in [-0.39, 0.29) is 16.9 Å². The minimum Gasteiger partial charge on any atom is -0.478 e. The zero-order chi connectivity index (χ0) is 18.3. The van der Waals surface area contributed by atoms with E-state index in [4.69, 9.17) is 0 Å². The van der Waals surface area contributed by atoms with Gasteiger partial charge in [0.05, 0.1) is 11.1 Å². The molecule has 1 aliphatic carbocycles. The molecule has 0 heterocycles. The lowest BCUT2D eigenvalue weighted by Crippen LogP contribution is -2.16. The first-order valence-electron chi connectivity index (χ1n) is 7.98. The van der Waals surface area contributed by atoms with Gasteiger partial charge >= 0.3 is 5.97 Å². The summed E-state index contributed by atoms with van der Waals surface area (Å²) in [5, 5.41) is 11.9. The van der Waals surface area contributed by atoms with Crippen molar-refractivity contribution in [3.8, 4) is 11.1 Å². The maximum atomic E-state index is 12.5. The topological polar surface area (TPSA) is 83.5 Å². The molecule has 0 unspecified atom stereocenters. The smallest absolute Gasteiger partial charge is 0.336 e. The van der Waals surface area contributed by atoms with Gasteiger partial charge in [-0.1, -0.05) is 42.5 Å². The zero-order valence-electron chi connectivity index (χ0n) is 13.5. The number of carbonyl (C=O) groups excluding carboxylic acids is 2. The summed E-state index contributed by atoms with van der Waals surface area (Å²) in [6.45, 7) is 0. The highest BCUT2D eigenvalue weighted by atomic mass is 16.4. The van der Waals surface area contributed by atoms with Crippen LogP contribution in [0.15, 0.2) is 66.7 Å². The molecule has 5 heteroatoms. The van der Waals surface area contributed by atoms with Crippen LogP contribution >= 0.6 is 0 Å². The third kappa shape index (κ3) is 2.46. The molecule has 3 aromatic carbocycles. The molecular formula is C21H13NO4. The number of hydrogen-bond acceptors (Lipinski definition) is 3. The molecule has 0 radical (unpaired) electrons. The van der Waals surface area contributed by atoms with Gasteiger partial charge in [0, 0.05) is 16.8 Å². The van der Waals surface area contributed by atoms with Gasteiger partial charge in [-0.15, -0.1) is 0 Å². The van der Waals surface area contributed by atoms with Crippen LogP contribution in [0.3, 0.4) is 0 Å². The molecule has 0 spiro atoms. The van der Waals surface area contributed by atoms with Gasteiger partial charge in [0.15, 0.2) is 5.78 Å². The van der Waals surface area contributed by atoms with E-state index in [2.05, 4.69) is 5.32 Å². The summed E-state index contributed by atoms with van der Waals surface area (Å²) in [5.74, 6) is -1.79. The van der Waals surface area contributed by atoms with Crippen LogP contribution in [-0.4, -0.2) is 22.8 Å². The second-order valence-corrected chi connectivity index (χ2v) is 5.94. The van der Waals surface area contributed by atoms with Crippen molar-refractivity contribution in [3.05, 3.63) is 89.0 Å². The Labute approximate surface area is 148 Å². The molecule has 0 aromatic heterocycles. The predicted octanol–water partition coefficient (Wildman–Crippen LogP) is 3.85. The highest BCUT2D eigenvalue weighted by Gasteiger charge is 2.26. The number of nitrogens with one attached hydrogen (secondary N) is 1. The molecule has 0 bridgehead atoms. The minimum absolute atomic E-state index is 0.0649. The molecule has 0 saturated carbocycles. The number of anilines is 1. The number of fused-ring (bicyclic) bond motifs is 3. The van der Waals surface area contributed by atoms with Gasteiger partial charge in [-0.3, -0.25) is 9.59 Å². The first-order valence-corrected chi connectivity index (χ1v) is 7.98. The Bertz CT molecular complexity index is 1080. The quantitative estimate of drug-likeness (QED) is 0.592. The molecule has 1 aliphatic rings. The third-order valence-corrected chi connectivity index (χ3v) is 4.39. The molecule has 126 valence electrons. The standard InChI is InChI=1S/C21H13NO4/c23-19-15-6-2-1-5-13(15)14-10-9-12(11-18(14)19)22-20(24)16-7-3-4-8-17(16)21(25)26/h1-11H,(H,22,24)(H,25,26). The van der Waals surface area contributed by atoms with Crippen molar-refractivity contribution in [2.24, 2.45) is 0 Å². The second-order valence-electron chi connectivity index (χ2n) is 5.94. The molecule has 4 rings (SSSR count). The molecule has 0 saturated heterocycles. The van der Waals surface area contributed by atoms with Crippen LogP contribution in [0, 0.1) is 0 Å². The predicted molar refractivity (Wildman–Crippen MR) is 96.7 cm³/mol. The SMILES string of the molecule is O=C(O)c1ccccc1C(=O)Nc1ccc2c(c1)C(=O)c1ccccc1-2. The van der Waals surface area contributed by atoms with E-state index < -0.39 is 11.9 Å². The van der Waals surface area contributed by atoms with E-state index in [9.17, 15) is 19.5 Å². The average molecular weight is 343 g/mol. The largest absolute Gasteiger partial charge is 0.478 e. The Morgan fingerprint density at radius 3 is 2.08 bits per heavy atom. The van der Waals surface area contributed by atoms with E-state index >= 15 is 0 Å². The fourth-order valence-electron chi connectivity index (χ4n) is 3.17. The van der Waals surface area contributed by atoms with Gasteiger partial charge in [0.25, 0.3) is 5.91 Å². The first kappa shape index (κ1) is 15.8. The number of carboxylic acids is 1. The third-order valence-electron chi connectivity index (χ3n) is 4.39. The summed E-state index contributed by atoms with van der Waals surface area (Å²) in [5.41, 5.74) is 3.30. The van der Waals surface area contributed by atoms with Gasteiger partial charge in [-0.25, -0.2) is 4.79 Å². The number of carboxylic acid groups (broad SMARTS) is 1. The van der Waals surface area contributed by atoms with Crippen molar-refractivity contribution in [2.45, 2.75) is 0 Å². The molecule has 26 heavy (non-hydrogen) atoms. The molecule has 5 nitrogen and oxygen atoms in total. The number of rotatable bonds is 3. The Morgan fingerprint density at radius 1 is 0.731 bits per heavy atom. The first-order chi connectivity index (χ1) is 12.6. The molecule has 0 atom stereocenters. The van der Waals surface area contributed by atoms with Crippen LogP contribution in [0.4, 0.5) is 5.69 Å². The fourth-order valence-corrected chi connectivity index (χ4v) is 3.17. The maximum absolute atomic E-state index is 12.5. The average Bonchev–Trinajstić information content (AvgIpc) is 2.94. The number of aromatic carboxylic acids is 1. The Hall–Kier alpha value is -3.73. The lowest BCUT2D eigenvalue weighted by Gasteiger charge is -2.09. The van der Waals surface area contributed by atoms with Crippen LogP contribution < -0.4 is 5.32 Å². The van der Waals surface area contributed by atoms with E-state index in [0.717, 1.165) is 11.1 Å². The summed E-state index contributed by atoms with van der Waals surface area (Å²) >= 11 is 0. The van der Waals surface area contributed by atoms with Crippen LogP contribution in [0.2, 0.25) is 0 Å². The zero-order valence-corrected chi connectivity index (χ0v) is 13.5. The summed E-state index contributed by atoms with van der Waals surface area (Å²) in [6, 6.07) is 18.5. The summed E-state index contributed by atoms with van der Waals surface area (Å²) in [7, 11) is 0. The summed E-state index contributed by atoms with van der Waals surface area (Å²) < 4.78 is 0. The van der Waals surface area contributed by atoms with Crippen LogP contribution in [0.5, 0.6) is 0 Å². The van der Waals surface area contributed by atoms with Crippen LogP contribution in [-0.2, 0) is 0 Å². The van der Waals surface area contributed by atoms with E-state index in [1.807, 2.05) is 18.2 Å². The second kappa shape index (κ2) is 5.97. The van der Waals surface area contributed by atoms with Gasteiger partial charge in [0.2, 0.25) is 0 Å². The number of carbonyl (C=O) groups is 3. The fraction of sp³-hybridized carbons (Fsp3) is 0. The van der Waals surface area contributed by atoms with Crippen molar-refractivity contribution in [2.75, 3.05) is 5.32 Å². The summed E-state index contributed by atoms with van der Waals surface area (Å²) in [6.07, 6.45) is 0. The van der Waals surface area contributed by atoms with Gasteiger partial charge < -0.3 is 10.4 Å². The van der Waals surface area contributed by atoms with E-state index in [1.165, 1.54) is 12.1 Å². The molecule has 0 aliphatic heterocycles. The molecule has 2 N–H and O–H groups in total. The molecular weight excluding hydrogens is 330 g/mol. The van der Waals surface area contributed by atoms with Crippen LogP contribution in [0.1, 0.15) is 36.6 Å². The van der Waals surface area contributed by atoms with Gasteiger partial charge in [-0.2, -0.15) is 0 Å². The minimum atomic E-state index is -1.17. The number of ketones is 1. The number of benzene rings is 3. The van der Waals surface area contributed by atoms with E-state index in [0.29, 0.717) is 16.8 Å². The van der Waals surface area contributed by atoms with Crippen LogP contribution in [0.25, 0.3) is 11.1 Å². The van der Waals surface area contributed by atoms with Crippen molar-refractivity contribution in [1.82, 2.24) is 0 Å². The lowest BCUT2D eigenvalue weighted by molar-refractivity contribution is 0.0692. The Kier molecular flexibility index (Phi) is 3.62. The van der Waals surface area contributed by atoms with Crippen molar-refractivity contribution in [3.63, 3.8) is 0 Å². The van der Waals surface area contributed by atoms with Gasteiger partial charge in [-0.05, 0) is 35.4 Å². The highest BCUT2D eigenvalue weighted by Crippen LogP contribution is 2.37. The molecule has 3 aromatic rings. The van der Waals surface area contributed by atoms with Crippen molar-refractivity contribution >= 4 is 23.3 Å².